The Kier molecular flexibility index (Phi) is 5.76. The van der Waals surface area contributed by atoms with Crippen molar-refractivity contribution in [1.29, 1.82) is 0 Å². The maximum Gasteiger partial charge on any atom is 0.161 e. The Hall–Kier alpha value is -1.89. The fourth-order valence-corrected chi connectivity index (χ4v) is 5.17. The van der Waals surface area contributed by atoms with Crippen molar-refractivity contribution in [3.05, 3.63) is 51.7 Å². The highest BCUT2D eigenvalue weighted by Gasteiger charge is 2.26. The molecule has 1 fully saturated rings. The zero-order chi connectivity index (χ0) is 18.6. The number of hydrogen-bond donors (Lipinski definition) is 0. The molecule has 2 aromatic heterocycles. The van der Waals surface area contributed by atoms with E-state index in [4.69, 9.17) is 14.5 Å². The van der Waals surface area contributed by atoms with E-state index in [0.29, 0.717) is 12.6 Å². The Morgan fingerprint density at radius 3 is 2.93 bits per heavy atom. The van der Waals surface area contributed by atoms with E-state index in [1.807, 2.05) is 19.1 Å². The van der Waals surface area contributed by atoms with Gasteiger partial charge in [-0.05, 0) is 66.9 Å². The van der Waals surface area contributed by atoms with Gasteiger partial charge in [0.2, 0.25) is 0 Å². The molecule has 0 N–H and O–H groups in total. The topological polar surface area (TPSA) is 34.6 Å². The van der Waals surface area contributed by atoms with Crippen LogP contribution in [0.25, 0.3) is 10.6 Å². The van der Waals surface area contributed by atoms with Gasteiger partial charge in [0.25, 0.3) is 0 Å². The van der Waals surface area contributed by atoms with Gasteiger partial charge in [-0.2, -0.15) is 11.3 Å². The summed E-state index contributed by atoms with van der Waals surface area (Å²) < 4.78 is 11.1. The van der Waals surface area contributed by atoms with Crippen LogP contribution in [0.4, 0.5) is 0 Å². The van der Waals surface area contributed by atoms with Gasteiger partial charge in [0, 0.05) is 23.5 Å². The predicted octanol–water partition coefficient (Wildman–Crippen LogP) is 5.62. The quantitative estimate of drug-likeness (QED) is 0.516. The normalized spacial score (nSPS) is 17.3. The summed E-state index contributed by atoms with van der Waals surface area (Å²) in [5.74, 6) is 1.53. The summed E-state index contributed by atoms with van der Waals surface area (Å²) in [7, 11) is 1.67. The lowest BCUT2D eigenvalue weighted by Crippen LogP contribution is -2.22. The maximum absolute atomic E-state index is 5.61. The number of rotatable bonds is 7. The summed E-state index contributed by atoms with van der Waals surface area (Å²) in [6.07, 6.45) is 2.50. The number of hydrogen-bond acceptors (Lipinski definition) is 6. The number of ether oxygens (including phenoxy) is 2. The third kappa shape index (κ3) is 4.03. The molecular formula is C21H24N2O2S2. The molecule has 0 bridgehead atoms. The zero-order valence-electron chi connectivity index (χ0n) is 15.7. The van der Waals surface area contributed by atoms with Gasteiger partial charge in [0.15, 0.2) is 11.5 Å². The summed E-state index contributed by atoms with van der Waals surface area (Å²) in [6.45, 7) is 4.65. The van der Waals surface area contributed by atoms with E-state index in [0.717, 1.165) is 40.9 Å². The molecule has 1 aliphatic rings. The van der Waals surface area contributed by atoms with Crippen LogP contribution < -0.4 is 9.47 Å². The average molecular weight is 401 g/mol. The first-order valence-electron chi connectivity index (χ1n) is 9.30. The number of thiophene rings is 1. The molecule has 6 heteroatoms. The molecule has 142 valence electrons. The van der Waals surface area contributed by atoms with Crippen molar-refractivity contribution in [2.75, 3.05) is 20.3 Å². The van der Waals surface area contributed by atoms with Crippen LogP contribution in [0, 0.1) is 0 Å². The van der Waals surface area contributed by atoms with Gasteiger partial charge >= 0.3 is 0 Å². The minimum Gasteiger partial charge on any atom is -0.493 e. The van der Waals surface area contributed by atoms with Crippen LogP contribution in [0.3, 0.4) is 0 Å². The van der Waals surface area contributed by atoms with Crippen molar-refractivity contribution in [3.63, 3.8) is 0 Å². The third-order valence-corrected chi connectivity index (χ3v) is 6.56. The SMILES string of the molecule is CCOc1ccc(-c2nc(CN3CCCC3c3ccsc3)cs2)cc1OC. The second-order valence-corrected chi connectivity index (χ2v) is 8.27. The largest absolute Gasteiger partial charge is 0.493 e. The van der Waals surface area contributed by atoms with Gasteiger partial charge in [-0.1, -0.05) is 0 Å². The monoisotopic (exact) mass is 400 g/mol. The standard InChI is InChI=1S/C21H24N2O2S2/c1-3-25-19-7-6-15(11-20(19)24-2)21-22-17(14-27-21)12-23-9-4-5-18(23)16-8-10-26-13-16/h6-8,10-11,13-14,18H,3-5,9,12H2,1-2H3. The molecule has 4 nitrogen and oxygen atoms in total. The molecular weight excluding hydrogens is 376 g/mol. The van der Waals surface area contributed by atoms with Crippen LogP contribution in [0.15, 0.2) is 40.4 Å². The average Bonchev–Trinajstić information content (AvgIpc) is 3.44. The van der Waals surface area contributed by atoms with E-state index in [1.54, 1.807) is 29.8 Å². The number of thiazole rings is 1. The van der Waals surface area contributed by atoms with Crippen LogP contribution >= 0.6 is 22.7 Å². The molecule has 1 aromatic carbocycles. The van der Waals surface area contributed by atoms with Crippen molar-refractivity contribution >= 4 is 22.7 Å². The van der Waals surface area contributed by atoms with E-state index in [9.17, 15) is 0 Å². The molecule has 0 amide bonds. The van der Waals surface area contributed by atoms with Crippen molar-refractivity contribution in [1.82, 2.24) is 9.88 Å². The first kappa shape index (κ1) is 18.5. The molecule has 1 unspecified atom stereocenters. The summed E-state index contributed by atoms with van der Waals surface area (Å²) in [6, 6.07) is 8.82. The second-order valence-electron chi connectivity index (χ2n) is 6.63. The molecule has 0 radical (unpaired) electrons. The predicted molar refractivity (Wildman–Crippen MR) is 112 cm³/mol. The van der Waals surface area contributed by atoms with Crippen molar-refractivity contribution in [2.45, 2.75) is 32.4 Å². The number of nitrogens with zero attached hydrogens (tertiary/aromatic N) is 2. The Morgan fingerprint density at radius 2 is 2.15 bits per heavy atom. The molecule has 3 heterocycles. The van der Waals surface area contributed by atoms with Crippen molar-refractivity contribution in [2.24, 2.45) is 0 Å². The van der Waals surface area contributed by atoms with Gasteiger partial charge in [-0.15, -0.1) is 11.3 Å². The van der Waals surface area contributed by atoms with E-state index in [1.165, 1.54) is 18.4 Å². The summed E-state index contributed by atoms with van der Waals surface area (Å²) >= 11 is 3.47. The third-order valence-electron chi connectivity index (χ3n) is 4.92. The van der Waals surface area contributed by atoms with Crippen LogP contribution in [-0.2, 0) is 6.54 Å². The highest BCUT2D eigenvalue weighted by molar-refractivity contribution is 7.13. The molecule has 3 aromatic rings. The van der Waals surface area contributed by atoms with E-state index >= 15 is 0 Å². The lowest BCUT2D eigenvalue weighted by atomic mass is 10.1. The molecule has 1 atom stereocenters. The first-order valence-corrected chi connectivity index (χ1v) is 11.1. The minimum atomic E-state index is 0.534. The lowest BCUT2D eigenvalue weighted by Gasteiger charge is -2.22. The van der Waals surface area contributed by atoms with Gasteiger partial charge in [0.05, 0.1) is 19.4 Å². The Balaban J connectivity index is 1.50. The van der Waals surface area contributed by atoms with Crippen molar-refractivity contribution in [3.8, 4) is 22.1 Å². The van der Waals surface area contributed by atoms with Crippen LogP contribution in [0.5, 0.6) is 11.5 Å². The Bertz CT molecular complexity index is 876. The van der Waals surface area contributed by atoms with Crippen LogP contribution in [0.1, 0.15) is 37.1 Å². The minimum absolute atomic E-state index is 0.534. The zero-order valence-corrected chi connectivity index (χ0v) is 17.3. The lowest BCUT2D eigenvalue weighted by molar-refractivity contribution is 0.246. The number of benzene rings is 1. The van der Waals surface area contributed by atoms with Gasteiger partial charge < -0.3 is 9.47 Å². The molecule has 1 aliphatic heterocycles. The number of aromatic nitrogens is 1. The second kappa shape index (κ2) is 8.42. The van der Waals surface area contributed by atoms with Gasteiger partial charge in [0.1, 0.15) is 5.01 Å². The van der Waals surface area contributed by atoms with Crippen LogP contribution in [0.2, 0.25) is 0 Å². The maximum atomic E-state index is 5.61. The summed E-state index contributed by atoms with van der Waals surface area (Å²) in [4.78, 5) is 7.45. The van der Waals surface area contributed by atoms with E-state index < -0.39 is 0 Å². The molecule has 4 rings (SSSR count). The molecule has 27 heavy (non-hydrogen) atoms. The Morgan fingerprint density at radius 1 is 1.22 bits per heavy atom. The molecule has 0 aliphatic carbocycles. The highest BCUT2D eigenvalue weighted by atomic mass is 32.1. The molecule has 0 saturated carbocycles. The van der Waals surface area contributed by atoms with Crippen molar-refractivity contribution < 1.29 is 9.47 Å². The fraction of sp³-hybridized carbons (Fsp3) is 0.381. The van der Waals surface area contributed by atoms with E-state index in [-0.39, 0.29) is 0 Å². The van der Waals surface area contributed by atoms with Crippen LogP contribution in [-0.4, -0.2) is 30.1 Å². The molecule has 1 saturated heterocycles. The summed E-state index contributed by atoms with van der Waals surface area (Å²) in [5.41, 5.74) is 3.66. The number of likely N-dealkylation sites (tertiary alicyclic amines) is 1. The first-order chi connectivity index (χ1) is 13.3. The highest BCUT2D eigenvalue weighted by Crippen LogP contribution is 2.36. The van der Waals surface area contributed by atoms with Gasteiger partial charge in [-0.3, -0.25) is 4.90 Å². The summed E-state index contributed by atoms with van der Waals surface area (Å²) in [5, 5.41) is 7.66. The fourth-order valence-electron chi connectivity index (χ4n) is 3.65. The molecule has 0 spiro atoms. The Labute approximate surface area is 168 Å². The van der Waals surface area contributed by atoms with Gasteiger partial charge in [-0.25, -0.2) is 4.98 Å². The van der Waals surface area contributed by atoms with E-state index in [2.05, 4.69) is 33.2 Å². The number of methoxy groups -OCH3 is 1. The smallest absolute Gasteiger partial charge is 0.161 e.